The molecule has 0 radical (unpaired) electrons. The maximum atomic E-state index is 6.06. The average Bonchev–Trinajstić information content (AvgIpc) is 2.81. The van der Waals surface area contributed by atoms with Gasteiger partial charge in [0.2, 0.25) is 0 Å². The highest BCUT2D eigenvalue weighted by Crippen LogP contribution is 2.28. The molecule has 1 aromatic heterocycles. The van der Waals surface area contributed by atoms with E-state index in [1.165, 1.54) is 32.6 Å². The summed E-state index contributed by atoms with van der Waals surface area (Å²) in [6.45, 7) is 8.14. The zero-order valence-electron chi connectivity index (χ0n) is 20.4. The van der Waals surface area contributed by atoms with Crippen molar-refractivity contribution in [2.45, 2.75) is 59.3 Å². The van der Waals surface area contributed by atoms with Crippen LogP contribution < -0.4 is 14.2 Å². The highest BCUT2D eigenvalue weighted by Gasteiger charge is 2.07. The van der Waals surface area contributed by atoms with Crippen molar-refractivity contribution in [2.75, 3.05) is 26.9 Å². The molecule has 0 spiro atoms. The van der Waals surface area contributed by atoms with E-state index in [2.05, 4.69) is 33.8 Å². The molecule has 2 aromatic rings. The quantitative estimate of drug-likeness (QED) is 0.137. The van der Waals surface area contributed by atoms with Gasteiger partial charge in [0, 0.05) is 0 Å². The monoisotopic (exact) mass is 455 g/mol. The summed E-state index contributed by atoms with van der Waals surface area (Å²) in [4.78, 5) is 12.9. The topological polar surface area (TPSA) is 75.1 Å². The van der Waals surface area contributed by atoms with Gasteiger partial charge < -0.3 is 19.0 Å². The molecule has 2 rings (SSSR count). The third-order valence-electron chi connectivity index (χ3n) is 4.99. The molecule has 0 bridgehead atoms. The summed E-state index contributed by atoms with van der Waals surface area (Å²) in [5.41, 5.74) is 2.24. The molecule has 0 aliphatic carbocycles. The molecule has 7 nitrogen and oxygen atoms in total. The molecule has 0 saturated carbocycles. The predicted molar refractivity (Wildman–Crippen MR) is 132 cm³/mol. The number of hydrogen-bond donors (Lipinski definition) is 0. The van der Waals surface area contributed by atoms with E-state index in [0.717, 1.165) is 48.5 Å². The highest BCUT2D eigenvalue weighted by molar-refractivity contribution is 5.73. The Kier molecular flexibility index (Phi) is 12.4. The van der Waals surface area contributed by atoms with Gasteiger partial charge in [0.15, 0.2) is 11.6 Å². The standard InChI is InChI=1S/C26H37N3O4/c1-5-6-13-31-23-16-21(2)26(22(3)17-23)33-15-12-10-8-7-9-11-14-32-24-18-27-25(28-19-24)20-29-30-4/h5-6,16-20H,7-15H2,1-4H3/b6-5+,29-20+. The molecule has 33 heavy (non-hydrogen) atoms. The number of aromatic nitrogens is 2. The molecule has 0 fully saturated rings. The summed E-state index contributed by atoms with van der Waals surface area (Å²) in [6.07, 6.45) is 15.5. The molecule has 7 heteroatoms. The van der Waals surface area contributed by atoms with E-state index in [-0.39, 0.29) is 0 Å². The van der Waals surface area contributed by atoms with Crippen LogP contribution in [0.3, 0.4) is 0 Å². The maximum absolute atomic E-state index is 6.06. The highest BCUT2D eigenvalue weighted by atomic mass is 16.6. The number of rotatable bonds is 16. The van der Waals surface area contributed by atoms with Gasteiger partial charge >= 0.3 is 0 Å². The van der Waals surface area contributed by atoms with Crippen molar-refractivity contribution >= 4 is 6.21 Å². The zero-order chi connectivity index (χ0) is 23.7. The number of unbranched alkanes of at least 4 members (excludes halogenated alkanes) is 5. The Hall–Kier alpha value is -3.09. The van der Waals surface area contributed by atoms with Crippen LogP contribution in [-0.2, 0) is 4.84 Å². The van der Waals surface area contributed by atoms with Crippen LogP contribution in [0, 0.1) is 13.8 Å². The number of aryl methyl sites for hydroxylation is 2. The van der Waals surface area contributed by atoms with Gasteiger partial charge in [0.25, 0.3) is 0 Å². The van der Waals surface area contributed by atoms with E-state index in [0.29, 0.717) is 24.8 Å². The lowest BCUT2D eigenvalue weighted by atomic mass is 10.1. The maximum Gasteiger partial charge on any atom is 0.174 e. The Bertz CT molecular complexity index is 843. The van der Waals surface area contributed by atoms with Gasteiger partial charge in [-0.1, -0.05) is 43.0 Å². The molecule has 1 aromatic carbocycles. The Labute approximate surface area is 197 Å². The van der Waals surface area contributed by atoms with Crippen LogP contribution in [0.5, 0.6) is 17.2 Å². The first-order valence-electron chi connectivity index (χ1n) is 11.6. The van der Waals surface area contributed by atoms with E-state index in [9.17, 15) is 0 Å². The minimum Gasteiger partial charge on any atom is -0.493 e. The van der Waals surface area contributed by atoms with Crippen LogP contribution in [-0.4, -0.2) is 43.1 Å². The third-order valence-corrected chi connectivity index (χ3v) is 4.99. The summed E-state index contributed by atoms with van der Waals surface area (Å²) < 4.78 is 17.5. The summed E-state index contributed by atoms with van der Waals surface area (Å²) >= 11 is 0. The fraction of sp³-hybridized carbons (Fsp3) is 0.500. The molecule has 0 aliphatic heterocycles. The van der Waals surface area contributed by atoms with Crippen LogP contribution in [0.15, 0.2) is 41.8 Å². The van der Waals surface area contributed by atoms with Crippen LogP contribution in [0.1, 0.15) is 62.4 Å². The third kappa shape index (κ3) is 10.4. The smallest absolute Gasteiger partial charge is 0.174 e. The number of allylic oxidation sites excluding steroid dienone is 1. The van der Waals surface area contributed by atoms with E-state index in [1.54, 1.807) is 12.4 Å². The first-order valence-corrected chi connectivity index (χ1v) is 11.6. The second kappa shape index (κ2) is 15.7. The van der Waals surface area contributed by atoms with Gasteiger partial charge in [-0.25, -0.2) is 9.97 Å². The second-order valence-electron chi connectivity index (χ2n) is 7.78. The van der Waals surface area contributed by atoms with Gasteiger partial charge in [0.05, 0.1) is 25.6 Å². The molecule has 1 heterocycles. The van der Waals surface area contributed by atoms with Gasteiger partial charge in [-0.05, 0) is 56.9 Å². The Morgan fingerprint density at radius 1 is 0.818 bits per heavy atom. The molecule has 180 valence electrons. The number of oxime groups is 1. The van der Waals surface area contributed by atoms with E-state index in [1.807, 2.05) is 31.2 Å². The van der Waals surface area contributed by atoms with E-state index < -0.39 is 0 Å². The largest absolute Gasteiger partial charge is 0.493 e. The molecule has 0 aliphatic rings. The fourth-order valence-corrected chi connectivity index (χ4v) is 3.30. The minimum absolute atomic E-state index is 0.490. The van der Waals surface area contributed by atoms with Gasteiger partial charge in [-0.2, -0.15) is 0 Å². The number of nitrogens with zero attached hydrogens (tertiary/aromatic N) is 3. The van der Waals surface area contributed by atoms with Crippen molar-refractivity contribution in [1.29, 1.82) is 0 Å². The average molecular weight is 456 g/mol. The number of benzene rings is 1. The number of hydrogen-bond acceptors (Lipinski definition) is 7. The summed E-state index contributed by atoms with van der Waals surface area (Å²) in [5.74, 6) is 3.03. The van der Waals surface area contributed by atoms with Crippen LogP contribution >= 0.6 is 0 Å². The van der Waals surface area contributed by atoms with Crippen molar-refractivity contribution < 1.29 is 19.0 Å². The van der Waals surface area contributed by atoms with Crippen molar-refractivity contribution in [1.82, 2.24) is 9.97 Å². The van der Waals surface area contributed by atoms with Gasteiger partial charge in [-0.3, -0.25) is 0 Å². The molecule has 0 unspecified atom stereocenters. The van der Waals surface area contributed by atoms with Gasteiger partial charge in [-0.15, -0.1) is 0 Å². The van der Waals surface area contributed by atoms with Gasteiger partial charge in [0.1, 0.15) is 31.4 Å². The van der Waals surface area contributed by atoms with Crippen LogP contribution in [0.4, 0.5) is 0 Å². The molecule has 0 atom stereocenters. The molecule has 0 N–H and O–H groups in total. The summed E-state index contributed by atoms with van der Waals surface area (Å²) in [7, 11) is 1.48. The van der Waals surface area contributed by atoms with E-state index in [4.69, 9.17) is 14.2 Å². The Morgan fingerprint density at radius 2 is 1.42 bits per heavy atom. The van der Waals surface area contributed by atoms with Crippen molar-refractivity contribution in [3.05, 3.63) is 53.6 Å². The predicted octanol–water partition coefficient (Wildman–Crippen LogP) is 5.83. The SMILES string of the molecule is C/C=C/COc1cc(C)c(OCCCCCCCCOc2cnc(/C=N/OC)nc2)c(C)c1. The summed E-state index contributed by atoms with van der Waals surface area (Å²) in [6, 6.07) is 4.09. The molecule has 0 saturated heterocycles. The van der Waals surface area contributed by atoms with Crippen molar-refractivity contribution in [3.63, 3.8) is 0 Å². The molecular weight excluding hydrogens is 418 g/mol. The van der Waals surface area contributed by atoms with E-state index >= 15 is 0 Å². The van der Waals surface area contributed by atoms with Crippen LogP contribution in [0.2, 0.25) is 0 Å². The first kappa shape index (κ1) is 26.2. The van der Waals surface area contributed by atoms with Crippen LogP contribution in [0.25, 0.3) is 0 Å². The minimum atomic E-state index is 0.490. The van der Waals surface area contributed by atoms with Crippen molar-refractivity contribution in [3.8, 4) is 17.2 Å². The second-order valence-corrected chi connectivity index (χ2v) is 7.78. The Balaban J connectivity index is 1.53. The first-order chi connectivity index (χ1) is 16.1. The molecular formula is C26H37N3O4. The normalized spacial score (nSPS) is 11.3. The fourth-order valence-electron chi connectivity index (χ4n) is 3.30. The lowest BCUT2D eigenvalue weighted by Gasteiger charge is -2.14. The lowest BCUT2D eigenvalue weighted by Crippen LogP contribution is -2.02. The summed E-state index contributed by atoms with van der Waals surface area (Å²) in [5, 5.41) is 3.63. The lowest BCUT2D eigenvalue weighted by molar-refractivity contribution is 0.215. The molecule has 0 amide bonds. The van der Waals surface area contributed by atoms with Crippen molar-refractivity contribution in [2.24, 2.45) is 5.16 Å². The number of ether oxygens (including phenoxy) is 3. The zero-order valence-corrected chi connectivity index (χ0v) is 20.4. The Morgan fingerprint density at radius 3 is 2.03 bits per heavy atom.